The highest BCUT2D eigenvalue weighted by Gasteiger charge is 1.95. The van der Waals surface area contributed by atoms with Gasteiger partial charge in [-0.1, -0.05) is 31.4 Å². The molecular weight excluding hydrogens is 248 g/mol. The van der Waals surface area contributed by atoms with Crippen LogP contribution in [-0.2, 0) is 14.3 Å². The van der Waals surface area contributed by atoms with Gasteiger partial charge in [0.25, 0.3) is 0 Å². The maximum Gasteiger partial charge on any atom is 0.330 e. The van der Waals surface area contributed by atoms with E-state index in [-0.39, 0.29) is 6.61 Å². The fourth-order valence-electron chi connectivity index (χ4n) is 0.877. The number of para-hydroxylation sites is 1. The summed E-state index contributed by atoms with van der Waals surface area (Å²) in [5, 5.41) is 7.60. The summed E-state index contributed by atoms with van der Waals surface area (Å²) in [6.45, 7) is 6.83. The predicted molar refractivity (Wildman–Crippen MR) is 70.9 cm³/mol. The summed E-state index contributed by atoms with van der Waals surface area (Å²) in [4.78, 5) is 19.9. The highest BCUT2D eigenvalue weighted by Crippen LogP contribution is 2.07. The van der Waals surface area contributed by atoms with E-state index in [9.17, 15) is 9.59 Å². The van der Waals surface area contributed by atoms with E-state index in [1.807, 2.05) is 30.3 Å². The number of benzene rings is 1. The van der Waals surface area contributed by atoms with Crippen LogP contribution >= 0.6 is 0 Å². The minimum absolute atomic E-state index is 0.236. The average molecular weight is 264 g/mol. The molecule has 19 heavy (non-hydrogen) atoms. The van der Waals surface area contributed by atoms with Gasteiger partial charge in [0.1, 0.15) is 19.0 Å². The van der Waals surface area contributed by atoms with Crippen molar-refractivity contribution in [3.05, 3.63) is 55.6 Å². The third kappa shape index (κ3) is 10.3. The molecule has 0 aliphatic heterocycles. The number of carboxylic acid groups (broad SMARTS) is 1. The minimum Gasteiger partial charge on any atom is -0.490 e. The molecule has 0 aliphatic carbocycles. The fraction of sp³-hybridized carbons (Fsp3) is 0.143. The highest BCUT2D eigenvalue weighted by molar-refractivity contribution is 5.81. The molecule has 0 saturated heterocycles. The van der Waals surface area contributed by atoms with Gasteiger partial charge in [0.05, 0.1) is 0 Å². The Morgan fingerprint density at radius 1 is 1.11 bits per heavy atom. The lowest BCUT2D eigenvalue weighted by molar-refractivity contribution is -0.138. The number of carbonyl (C=O) groups excluding carboxylic acids is 1. The topological polar surface area (TPSA) is 72.8 Å². The Hall–Kier alpha value is -2.56. The quantitative estimate of drug-likeness (QED) is 0.483. The second-order valence-corrected chi connectivity index (χ2v) is 3.08. The van der Waals surface area contributed by atoms with Crippen molar-refractivity contribution < 1.29 is 24.2 Å². The predicted octanol–water partition coefficient (Wildman–Crippen LogP) is 2.05. The van der Waals surface area contributed by atoms with Crippen LogP contribution in [0, 0.1) is 0 Å². The monoisotopic (exact) mass is 264 g/mol. The molecule has 0 saturated carbocycles. The smallest absolute Gasteiger partial charge is 0.330 e. The molecule has 1 aromatic rings. The lowest BCUT2D eigenvalue weighted by Gasteiger charge is -2.05. The number of carboxylic acids is 1. The Kier molecular flexibility index (Phi) is 9.16. The van der Waals surface area contributed by atoms with E-state index in [1.54, 1.807) is 0 Å². The highest BCUT2D eigenvalue weighted by atomic mass is 16.6. The normalized spacial score (nSPS) is 8.42. The Morgan fingerprint density at radius 2 is 1.68 bits per heavy atom. The molecule has 0 aliphatic rings. The summed E-state index contributed by atoms with van der Waals surface area (Å²) in [5.74, 6) is -0.645. The standard InChI is InChI=1S/C11H12O3.C3H4O2/c1-2-11(12)14-9-8-13-10-6-4-3-5-7-10;1-2-3(4)5/h2-7H,1,8-9H2;2H,1H2,(H,4,5). The van der Waals surface area contributed by atoms with E-state index in [2.05, 4.69) is 13.2 Å². The third-order valence-electron chi connectivity index (χ3n) is 1.68. The van der Waals surface area contributed by atoms with Crippen LogP contribution in [0.25, 0.3) is 0 Å². The lowest BCUT2D eigenvalue weighted by Crippen LogP contribution is -2.09. The van der Waals surface area contributed by atoms with Gasteiger partial charge in [-0.25, -0.2) is 9.59 Å². The molecule has 1 N–H and O–H groups in total. The minimum atomic E-state index is -0.981. The van der Waals surface area contributed by atoms with Gasteiger partial charge < -0.3 is 14.6 Å². The molecule has 1 rings (SSSR count). The molecule has 0 amide bonds. The van der Waals surface area contributed by atoms with E-state index in [4.69, 9.17) is 14.6 Å². The molecule has 0 fully saturated rings. The number of rotatable bonds is 6. The van der Waals surface area contributed by atoms with E-state index in [0.717, 1.165) is 17.9 Å². The second kappa shape index (κ2) is 10.6. The first-order valence-corrected chi connectivity index (χ1v) is 5.42. The number of aliphatic carboxylic acids is 1. The van der Waals surface area contributed by atoms with Crippen molar-refractivity contribution in [1.29, 1.82) is 0 Å². The van der Waals surface area contributed by atoms with Crippen molar-refractivity contribution in [1.82, 2.24) is 0 Å². The molecule has 0 unspecified atom stereocenters. The number of ether oxygens (including phenoxy) is 2. The number of carbonyl (C=O) groups is 2. The number of hydrogen-bond donors (Lipinski definition) is 1. The maximum atomic E-state index is 10.6. The van der Waals surface area contributed by atoms with Crippen LogP contribution in [0.3, 0.4) is 0 Å². The molecule has 0 heterocycles. The van der Waals surface area contributed by atoms with Gasteiger partial charge in [0, 0.05) is 12.2 Å². The maximum absolute atomic E-state index is 10.6. The first-order valence-electron chi connectivity index (χ1n) is 5.42. The van der Waals surface area contributed by atoms with Crippen molar-refractivity contribution in [2.24, 2.45) is 0 Å². The van der Waals surface area contributed by atoms with Crippen molar-refractivity contribution in [3.63, 3.8) is 0 Å². The molecule has 0 radical (unpaired) electrons. The number of hydrogen-bond acceptors (Lipinski definition) is 4. The van der Waals surface area contributed by atoms with Crippen LogP contribution in [0.2, 0.25) is 0 Å². The third-order valence-corrected chi connectivity index (χ3v) is 1.68. The van der Waals surface area contributed by atoms with E-state index in [1.165, 1.54) is 0 Å². The fourth-order valence-corrected chi connectivity index (χ4v) is 0.877. The average Bonchev–Trinajstić information content (AvgIpc) is 2.45. The van der Waals surface area contributed by atoms with Crippen molar-refractivity contribution >= 4 is 11.9 Å². The SMILES string of the molecule is C=CC(=O)O.C=CC(=O)OCCOc1ccccc1. The van der Waals surface area contributed by atoms with Crippen LogP contribution in [0.15, 0.2) is 55.6 Å². The van der Waals surface area contributed by atoms with Crippen molar-refractivity contribution in [2.45, 2.75) is 0 Å². The van der Waals surface area contributed by atoms with E-state index in [0.29, 0.717) is 6.61 Å². The van der Waals surface area contributed by atoms with Gasteiger partial charge >= 0.3 is 11.9 Å². The molecule has 0 aromatic heterocycles. The van der Waals surface area contributed by atoms with E-state index >= 15 is 0 Å². The largest absolute Gasteiger partial charge is 0.490 e. The van der Waals surface area contributed by atoms with Crippen LogP contribution in [0.5, 0.6) is 5.75 Å². The molecule has 0 spiro atoms. The summed E-state index contributed by atoms with van der Waals surface area (Å²) in [6.07, 6.45) is 1.96. The van der Waals surface area contributed by atoms with Gasteiger partial charge in [-0.3, -0.25) is 0 Å². The molecule has 102 valence electrons. The molecule has 5 heteroatoms. The Labute approximate surface area is 111 Å². The molecule has 5 nitrogen and oxygen atoms in total. The van der Waals surface area contributed by atoms with Crippen LogP contribution in [-0.4, -0.2) is 30.3 Å². The summed E-state index contributed by atoms with van der Waals surface area (Å²) in [5.41, 5.74) is 0. The number of esters is 1. The Balaban J connectivity index is 0.000000555. The molecule has 0 bridgehead atoms. The first kappa shape index (κ1) is 16.4. The first-order chi connectivity index (χ1) is 9.10. The summed E-state index contributed by atoms with van der Waals surface area (Å²) in [7, 11) is 0. The Morgan fingerprint density at radius 3 is 2.16 bits per heavy atom. The van der Waals surface area contributed by atoms with Crippen LogP contribution < -0.4 is 4.74 Å². The van der Waals surface area contributed by atoms with Crippen molar-refractivity contribution in [3.8, 4) is 5.75 Å². The molecular formula is C14H16O5. The summed E-state index contributed by atoms with van der Waals surface area (Å²) < 4.78 is 10.0. The summed E-state index contributed by atoms with van der Waals surface area (Å²) >= 11 is 0. The van der Waals surface area contributed by atoms with Gasteiger partial charge in [-0.15, -0.1) is 0 Å². The van der Waals surface area contributed by atoms with Crippen LogP contribution in [0.1, 0.15) is 0 Å². The molecule has 0 atom stereocenters. The van der Waals surface area contributed by atoms with Gasteiger partial charge in [0.15, 0.2) is 0 Å². The van der Waals surface area contributed by atoms with Gasteiger partial charge in [0.2, 0.25) is 0 Å². The van der Waals surface area contributed by atoms with Crippen molar-refractivity contribution in [2.75, 3.05) is 13.2 Å². The zero-order chi connectivity index (χ0) is 14.5. The zero-order valence-electron chi connectivity index (χ0n) is 10.5. The lowest BCUT2D eigenvalue weighted by atomic mass is 10.3. The van der Waals surface area contributed by atoms with Crippen LogP contribution in [0.4, 0.5) is 0 Å². The summed E-state index contributed by atoms with van der Waals surface area (Å²) in [6, 6.07) is 9.35. The zero-order valence-corrected chi connectivity index (χ0v) is 10.5. The van der Waals surface area contributed by atoms with E-state index < -0.39 is 11.9 Å². The van der Waals surface area contributed by atoms with Gasteiger partial charge in [-0.2, -0.15) is 0 Å². The second-order valence-electron chi connectivity index (χ2n) is 3.08. The van der Waals surface area contributed by atoms with Gasteiger partial charge in [-0.05, 0) is 12.1 Å². The molecule has 1 aromatic carbocycles. The Bertz CT molecular complexity index is 411.